The van der Waals surface area contributed by atoms with E-state index in [1.54, 1.807) is 18.9 Å². The Morgan fingerprint density at radius 1 is 1.19 bits per heavy atom. The molecule has 0 spiro atoms. The van der Waals surface area contributed by atoms with Gasteiger partial charge in [0.05, 0.1) is 13.7 Å². The van der Waals surface area contributed by atoms with Crippen LogP contribution < -0.4 is 10.1 Å². The molecule has 1 heterocycles. The van der Waals surface area contributed by atoms with Gasteiger partial charge in [-0.25, -0.2) is 0 Å². The van der Waals surface area contributed by atoms with E-state index in [-0.39, 0.29) is 12.5 Å². The first kappa shape index (κ1) is 18.0. The van der Waals surface area contributed by atoms with Gasteiger partial charge in [0.15, 0.2) is 0 Å². The first-order valence-electron chi connectivity index (χ1n) is 8.16. The predicted molar refractivity (Wildman–Crippen MR) is 99.9 cm³/mol. The summed E-state index contributed by atoms with van der Waals surface area (Å²) >= 11 is 1.65. The Morgan fingerprint density at radius 2 is 2.04 bits per heavy atom. The zero-order valence-corrected chi connectivity index (χ0v) is 15.2. The molecule has 0 unspecified atom stereocenters. The van der Waals surface area contributed by atoms with E-state index in [0.717, 1.165) is 22.0 Å². The Bertz CT molecular complexity index is 852. The van der Waals surface area contributed by atoms with Crippen LogP contribution in [0.3, 0.4) is 0 Å². The third kappa shape index (κ3) is 5.10. The molecule has 0 saturated heterocycles. The molecule has 0 fully saturated rings. The molecular weight excluding hydrogens is 350 g/mol. The van der Waals surface area contributed by atoms with Gasteiger partial charge < -0.3 is 14.6 Å². The highest BCUT2D eigenvalue weighted by molar-refractivity contribution is 7.99. The molecule has 6 nitrogen and oxygen atoms in total. The lowest BCUT2D eigenvalue weighted by Gasteiger charge is -2.02. The predicted octanol–water partition coefficient (Wildman–Crippen LogP) is 3.54. The number of carbonyl (C=O) groups is 1. The molecule has 3 rings (SSSR count). The molecule has 26 heavy (non-hydrogen) atoms. The number of nitrogens with one attached hydrogen (secondary N) is 1. The lowest BCUT2D eigenvalue weighted by molar-refractivity contribution is -0.120. The van der Waals surface area contributed by atoms with Crippen LogP contribution in [0.25, 0.3) is 11.4 Å². The molecule has 1 amide bonds. The highest BCUT2D eigenvalue weighted by atomic mass is 32.2. The van der Waals surface area contributed by atoms with Crippen LogP contribution in [-0.4, -0.2) is 28.9 Å². The number of benzene rings is 2. The highest BCUT2D eigenvalue weighted by Crippen LogP contribution is 2.21. The van der Waals surface area contributed by atoms with E-state index in [4.69, 9.17) is 9.26 Å². The number of rotatable bonds is 8. The summed E-state index contributed by atoms with van der Waals surface area (Å²) in [5.41, 5.74) is 0.796. The number of hydrogen-bond acceptors (Lipinski definition) is 6. The highest BCUT2D eigenvalue weighted by Gasteiger charge is 2.10. The normalized spacial score (nSPS) is 10.5. The smallest absolute Gasteiger partial charge is 0.246 e. The van der Waals surface area contributed by atoms with E-state index in [1.807, 2.05) is 54.6 Å². The molecule has 7 heteroatoms. The summed E-state index contributed by atoms with van der Waals surface area (Å²) in [6.45, 7) is 0.214. The van der Waals surface area contributed by atoms with Crippen LogP contribution >= 0.6 is 11.8 Å². The summed E-state index contributed by atoms with van der Waals surface area (Å²) in [5.74, 6) is 2.22. The van der Waals surface area contributed by atoms with Crippen LogP contribution in [0.15, 0.2) is 64.0 Å². The lowest BCUT2D eigenvalue weighted by Crippen LogP contribution is -2.23. The fraction of sp³-hybridized carbons (Fsp3) is 0.211. The van der Waals surface area contributed by atoms with Gasteiger partial charge >= 0.3 is 0 Å². The Morgan fingerprint density at radius 3 is 2.85 bits per heavy atom. The number of methoxy groups -OCH3 is 1. The van der Waals surface area contributed by atoms with E-state index >= 15 is 0 Å². The van der Waals surface area contributed by atoms with Gasteiger partial charge in [-0.05, 0) is 24.3 Å². The SMILES string of the molecule is COc1cccc(-c2noc(CNC(=O)CCSc3ccccc3)n2)c1. The lowest BCUT2D eigenvalue weighted by atomic mass is 10.2. The Balaban J connectivity index is 1.46. The third-order valence-electron chi connectivity index (χ3n) is 3.57. The summed E-state index contributed by atoms with van der Waals surface area (Å²) in [5, 5.41) is 6.74. The Hall–Kier alpha value is -2.80. The summed E-state index contributed by atoms with van der Waals surface area (Å²) in [6, 6.07) is 17.4. The monoisotopic (exact) mass is 369 g/mol. The summed E-state index contributed by atoms with van der Waals surface area (Å²) in [4.78, 5) is 17.4. The fourth-order valence-electron chi connectivity index (χ4n) is 2.25. The first-order chi connectivity index (χ1) is 12.7. The van der Waals surface area contributed by atoms with Crippen molar-refractivity contribution >= 4 is 17.7 Å². The molecule has 0 bridgehead atoms. The zero-order valence-electron chi connectivity index (χ0n) is 14.3. The summed E-state index contributed by atoms with van der Waals surface area (Å²) in [6.07, 6.45) is 0.427. The largest absolute Gasteiger partial charge is 0.497 e. The number of ether oxygens (including phenoxy) is 1. The van der Waals surface area contributed by atoms with Gasteiger partial charge in [-0.15, -0.1) is 11.8 Å². The summed E-state index contributed by atoms with van der Waals surface area (Å²) in [7, 11) is 1.60. The molecule has 2 aromatic carbocycles. The van der Waals surface area contributed by atoms with Crippen LogP contribution in [0.1, 0.15) is 12.3 Å². The van der Waals surface area contributed by atoms with E-state index < -0.39 is 0 Å². The maximum absolute atomic E-state index is 11.9. The van der Waals surface area contributed by atoms with Crippen molar-refractivity contribution in [2.45, 2.75) is 17.9 Å². The van der Waals surface area contributed by atoms with Crippen LogP contribution in [0, 0.1) is 0 Å². The maximum atomic E-state index is 11.9. The van der Waals surface area contributed by atoms with Crippen molar-refractivity contribution in [3.63, 3.8) is 0 Å². The van der Waals surface area contributed by atoms with Crippen molar-refractivity contribution in [2.75, 3.05) is 12.9 Å². The Kier molecular flexibility index (Phi) is 6.27. The molecule has 0 aliphatic carbocycles. The van der Waals surface area contributed by atoms with Gasteiger partial charge in [-0.2, -0.15) is 4.98 Å². The molecule has 0 aliphatic rings. The van der Waals surface area contributed by atoms with Crippen LogP contribution in [0.5, 0.6) is 5.75 Å². The number of nitrogens with zero attached hydrogens (tertiary/aromatic N) is 2. The summed E-state index contributed by atoms with van der Waals surface area (Å²) < 4.78 is 10.4. The maximum Gasteiger partial charge on any atom is 0.246 e. The van der Waals surface area contributed by atoms with Crippen molar-refractivity contribution < 1.29 is 14.1 Å². The van der Waals surface area contributed by atoms with Gasteiger partial charge in [0.1, 0.15) is 5.75 Å². The molecule has 134 valence electrons. The molecule has 3 aromatic rings. The van der Waals surface area contributed by atoms with Gasteiger partial charge in [0.2, 0.25) is 17.6 Å². The Labute approximate surface area is 156 Å². The topological polar surface area (TPSA) is 77.3 Å². The van der Waals surface area contributed by atoms with Gasteiger partial charge in [0.25, 0.3) is 0 Å². The minimum Gasteiger partial charge on any atom is -0.497 e. The minimum absolute atomic E-state index is 0.0467. The van der Waals surface area contributed by atoms with E-state index in [9.17, 15) is 4.79 Å². The van der Waals surface area contributed by atoms with E-state index in [1.165, 1.54) is 0 Å². The van der Waals surface area contributed by atoms with Gasteiger partial charge in [-0.3, -0.25) is 4.79 Å². The number of amides is 1. The van der Waals surface area contributed by atoms with Crippen LogP contribution in [0.4, 0.5) is 0 Å². The van der Waals surface area contributed by atoms with Gasteiger partial charge in [0, 0.05) is 22.6 Å². The molecular formula is C19H19N3O3S. The average Bonchev–Trinajstić information content (AvgIpc) is 3.16. The zero-order chi connectivity index (χ0) is 18.2. The number of aromatic nitrogens is 2. The van der Waals surface area contributed by atoms with Crippen LogP contribution in [-0.2, 0) is 11.3 Å². The molecule has 1 N–H and O–H groups in total. The fourth-order valence-corrected chi connectivity index (χ4v) is 3.12. The van der Waals surface area contributed by atoms with Crippen molar-refractivity contribution in [3.05, 3.63) is 60.5 Å². The second-order valence-electron chi connectivity index (χ2n) is 5.43. The van der Waals surface area contributed by atoms with Crippen molar-refractivity contribution in [1.82, 2.24) is 15.5 Å². The number of carbonyl (C=O) groups excluding carboxylic acids is 1. The quantitative estimate of drug-likeness (QED) is 0.612. The molecule has 0 aliphatic heterocycles. The van der Waals surface area contributed by atoms with Crippen molar-refractivity contribution in [2.24, 2.45) is 0 Å². The molecule has 1 aromatic heterocycles. The second kappa shape index (κ2) is 9.05. The van der Waals surface area contributed by atoms with Crippen molar-refractivity contribution in [1.29, 1.82) is 0 Å². The number of thioether (sulfide) groups is 1. The van der Waals surface area contributed by atoms with E-state index in [0.29, 0.717) is 18.1 Å². The third-order valence-corrected chi connectivity index (χ3v) is 4.59. The number of hydrogen-bond donors (Lipinski definition) is 1. The van der Waals surface area contributed by atoms with Crippen molar-refractivity contribution in [3.8, 4) is 17.1 Å². The average molecular weight is 369 g/mol. The minimum atomic E-state index is -0.0467. The molecule has 0 radical (unpaired) electrons. The van der Waals surface area contributed by atoms with Crippen LogP contribution in [0.2, 0.25) is 0 Å². The van der Waals surface area contributed by atoms with Gasteiger partial charge in [-0.1, -0.05) is 35.5 Å². The first-order valence-corrected chi connectivity index (χ1v) is 9.15. The van der Waals surface area contributed by atoms with E-state index in [2.05, 4.69) is 15.5 Å². The molecule has 0 atom stereocenters. The molecule has 0 saturated carbocycles. The second-order valence-corrected chi connectivity index (χ2v) is 6.60. The standard InChI is InChI=1S/C19H19N3O3S/c1-24-15-7-5-6-14(12-15)19-21-18(25-22-19)13-20-17(23)10-11-26-16-8-3-2-4-9-16/h2-9,12H,10-11,13H2,1H3,(H,20,23).